The maximum Gasteiger partial charge on any atom is 0.0722 e. The van der Waals surface area contributed by atoms with E-state index in [2.05, 4.69) is 46.3 Å². The predicted octanol–water partition coefficient (Wildman–Crippen LogP) is 5.12. The lowest BCUT2D eigenvalue weighted by Crippen LogP contribution is -2.07. The van der Waals surface area contributed by atoms with Crippen LogP contribution in [0.4, 0.5) is 5.69 Å². The zero-order valence-corrected chi connectivity index (χ0v) is 13.4. The molecule has 3 aromatic rings. The van der Waals surface area contributed by atoms with Gasteiger partial charge in [0, 0.05) is 36.4 Å². The van der Waals surface area contributed by atoms with Crippen molar-refractivity contribution in [3.63, 3.8) is 0 Å². The fraction of sp³-hybridized carbons (Fsp3) is 0.105. The molecule has 0 unspecified atom stereocenters. The number of nitrogens with zero attached hydrogens (tertiary/aromatic N) is 2. The van der Waals surface area contributed by atoms with Gasteiger partial charge in [0.15, 0.2) is 0 Å². The van der Waals surface area contributed by atoms with Crippen molar-refractivity contribution in [3.8, 4) is 0 Å². The standard InChI is InChI=1S/C19H17ClN2/c1-22(2)17-8-4-14(5-9-17)3-6-15-11-12-21-19-13-16(20)7-10-18(15)19/h3-13H,1-2H3/b6-3+. The number of pyridine rings is 1. The van der Waals surface area contributed by atoms with Crippen molar-refractivity contribution in [2.75, 3.05) is 19.0 Å². The first kappa shape index (κ1) is 14.6. The van der Waals surface area contributed by atoms with Crippen LogP contribution in [0.15, 0.2) is 54.7 Å². The van der Waals surface area contributed by atoms with Gasteiger partial charge in [-0.1, -0.05) is 42.0 Å². The molecule has 0 saturated heterocycles. The number of benzene rings is 2. The normalized spacial score (nSPS) is 11.2. The van der Waals surface area contributed by atoms with Crippen LogP contribution in [-0.2, 0) is 0 Å². The predicted molar refractivity (Wildman–Crippen MR) is 96.5 cm³/mol. The molecule has 2 nitrogen and oxygen atoms in total. The molecule has 22 heavy (non-hydrogen) atoms. The smallest absolute Gasteiger partial charge is 0.0722 e. The molecule has 1 heterocycles. The number of hydrogen-bond acceptors (Lipinski definition) is 2. The molecule has 0 saturated carbocycles. The second-order valence-electron chi connectivity index (χ2n) is 5.38. The molecule has 0 amide bonds. The Morgan fingerprint density at radius 2 is 1.73 bits per heavy atom. The third kappa shape index (κ3) is 3.12. The average Bonchev–Trinajstić information content (AvgIpc) is 2.52. The van der Waals surface area contributed by atoms with Gasteiger partial charge in [-0.2, -0.15) is 0 Å². The Bertz CT molecular complexity index is 820. The summed E-state index contributed by atoms with van der Waals surface area (Å²) in [6.45, 7) is 0. The van der Waals surface area contributed by atoms with Gasteiger partial charge in [-0.25, -0.2) is 0 Å². The number of aromatic nitrogens is 1. The van der Waals surface area contributed by atoms with E-state index in [4.69, 9.17) is 11.6 Å². The third-order valence-corrected chi connectivity index (χ3v) is 3.84. The lowest BCUT2D eigenvalue weighted by Gasteiger charge is -2.11. The van der Waals surface area contributed by atoms with Crippen molar-refractivity contribution >= 4 is 40.3 Å². The van der Waals surface area contributed by atoms with Gasteiger partial charge in [0.2, 0.25) is 0 Å². The largest absolute Gasteiger partial charge is 0.378 e. The summed E-state index contributed by atoms with van der Waals surface area (Å²) in [4.78, 5) is 6.46. The minimum absolute atomic E-state index is 0.709. The Kier molecular flexibility index (Phi) is 4.12. The monoisotopic (exact) mass is 308 g/mol. The average molecular weight is 309 g/mol. The third-order valence-electron chi connectivity index (χ3n) is 3.60. The van der Waals surface area contributed by atoms with E-state index in [0.29, 0.717) is 5.02 Å². The summed E-state index contributed by atoms with van der Waals surface area (Å²) in [5.41, 5.74) is 4.42. The quantitative estimate of drug-likeness (QED) is 0.667. The summed E-state index contributed by atoms with van der Waals surface area (Å²) < 4.78 is 0. The van der Waals surface area contributed by atoms with E-state index in [1.165, 1.54) is 11.3 Å². The highest BCUT2D eigenvalue weighted by Crippen LogP contribution is 2.22. The number of hydrogen-bond donors (Lipinski definition) is 0. The summed E-state index contributed by atoms with van der Waals surface area (Å²) in [6, 6.07) is 16.3. The van der Waals surface area contributed by atoms with Crippen LogP contribution in [0.3, 0.4) is 0 Å². The fourth-order valence-electron chi connectivity index (χ4n) is 2.36. The molecule has 0 atom stereocenters. The first-order chi connectivity index (χ1) is 10.6. The molecule has 0 fully saturated rings. The summed E-state index contributed by atoms with van der Waals surface area (Å²) in [5, 5.41) is 1.81. The molecule has 0 spiro atoms. The lowest BCUT2D eigenvalue weighted by atomic mass is 10.1. The van der Waals surface area contributed by atoms with Gasteiger partial charge in [-0.3, -0.25) is 4.98 Å². The summed E-state index contributed by atoms with van der Waals surface area (Å²) in [5.74, 6) is 0. The second-order valence-corrected chi connectivity index (χ2v) is 5.82. The maximum atomic E-state index is 6.02. The number of halogens is 1. The molecular formula is C19H17ClN2. The van der Waals surface area contributed by atoms with Crippen molar-refractivity contribution in [2.24, 2.45) is 0 Å². The number of anilines is 1. The first-order valence-corrected chi connectivity index (χ1v) is 7.51. The summed E-state index contributed by atoms with van der Waals surface area (Å²) in [6.07, 6.45) is 6.04. The van der Waals surface area contributed by atoms with E-state index in [-0.39, 0.29) is 0 Å². The topological polar surface area (TPSA) is 16.1 Å². The SMILES string of the molecule is CN(C)c1ccc(/C=C/c2ccnc3cc(Cl)ccc23)cc1. The van der Waals surface area contributed by atoms with E-state index >= 15 is 0 Å². The van der Waals surface area contributed by atoms with Gasteiger partial charge in [-0.05, 0) is 41.5 Å². The molecule has 3 heteroatoms. The molecule has 0 bridgehead atoms. The van der Waals surface area contributed by atoms with Gasteiger partial charge < -0.3 is 4.90 Å². The van der Waals surface area contributed by atoms with Crippen LogP contribution in [0, 0.1) is 0 Å². The van der Waals surface area contributed by atoms with Gasteiger partial charge in [0.25, 0.3) is 0 Å². The van der Waals surface area contributed by atoms with Crippen molar-refractivity contribution in [3.05, 3.63) is 70.9 Å². The van der Waals surface area contributed by atoms with Crippen LogP contribution in [0.5, 0.6) is 0 Å². The van der Waals surface area contributed by atoms with Crippen LogP contribution in [-0.4, -0.2) is 19.1 Å². The van der Waals surface area contributed by atoms with Crippen LogP contribution in [0.2, 0.25) is 5.02 Å². The molecule has 3 rings (SSSR count). The molecular weight excluding hydrogens is 292 g/mol. The van der Waals surface area contributed by atoms with E-state index in [1.807, 2.05) is 44.6 Å². The maximum absolute atomic E-state index is 6.02. The Labute approximate surface area is 135 Å². The highest BCUT2D eigenvalue weighted by Gasteiger charge is 2.00. The van der Waals surface area contributed by atoms with Crippen LogP contribution in [0.1, 0.15) is 11.1 Å². The first-order valence-electron chi connectivity index (χ1n) is 7.13. The summed E-state index contributed by atoms with van der Waals surface area (Å²) in [7, 11) is 4.08. The van der Waals surface area contributed by atoms with Crippen molar-refractivity contribution in [1.82, 2.24) is 4.98 Å². The number of rotatable bonds is 3. The molecule has 0 aliphatic rings. The Hall–Kier alpha value is -2.32. The van der Waals surface area contributed by atoms with E-state index in [0.717, 1.165) is 16.5 Å². The van der Waals surface area contributed by atoms with E-state index < -0.39 is 0 Å². The molecule has 0 N–H and O–H groups in total. The summed E-state index contributed by atoms with van der Waals surface area (Å²) >= 11 is 6.02. The lowest BCUT2D eigenvalue weighted by molar-refractivity contribution is 1.13. The Balaban J connectivity index is 1.92. The van der Waals surface area contributed by atoms with Gasteiger partial charge in [-0.15, -0.1) is 0 Å². The highest BCUT2D eigenvalue weighted by atomic mass is 35.5. The highest BCUT2D eigenvalue weighted by molar-refractivity contribution is 6.31. The van der Waals surface area contributed by atoms with Crippen molar-refractivity contribution < 1.29 is 0 Å². The Morgan fingerprint density at radius 3 is 2.45 bits per heavy atom. The molecule has 110 valence electrons. The fourth-order valence-corrected chi connectivity index (χ4v) is 2.52. The second kappa shape index (κ2) is 6.20. The molecule has 0 aliphatic heterocycles. The van der Waals surface area contributed by atoms with Gasteiger partial charge in [0.1, 0.15) is 0 Å². The van der Waals surface area contributed by atoms with Gasteiger partial charge >= 0.3 is 0 Å². The van der Waals surface area contributed by atoms with Crippen LogP contribution in [0.25, 0.3) is 23.1 Å². The van der Waals surface area contributed by atoms with E-state index in [1.54, 1.807) is 0 Å². The van der Waals surface area contributed by atoms with Crippen LogP contribution >= 0.6 is 11.6 Å². The molecule has 1 aromatic heterocycles. The molecule has 0 radical (unpaired) electrons. The zero-order valence-electron chi connectivity index (χ0n) is 12.6. The van der Waals surface area contributed by atoms with Crippen molar-refractivity contribution in [2.45, 2.75) is 0 Å². The molecule has 0 aliphatic carbocycles. The minimum Gasteiger partial charge on any atom is -0.378 e. The number of fused-ring (bicyclic) bond motifs is 1. The zero-order chi connectivity index (χ0) is 15.5. The van der Waals surface area contributed by atoms with Crippen LogP contribution < -0.4 is 4.90 Å². The molecule has 2 aromatic carbocycles. The van der Waals surface area contributed by atoms with Crippen molar-refractivity contribution in [1.29, 1.82) is 0 Å². The minimum atomic E-state index is 0.709. The Morgan fingerprint density at radius 1 is 0.955 bits per heavy atom. The van der Waals surface area contributed by atoms with E-state index in [9.17, 15) is 0 Å². The van der Waals surface area contributed by atoms with Gasteiger partial charge in [0.05, 0.1) is 5.52 Å².